The zero-order valence-electron chi connectivity index (χ0n) is 18.0. The second-order valence-corrected chi connectivity index (χ2v) is 8.12. The van der Waals surface area contributed by atoms with Crippen LogP contribution in [-0.4, -0.2) is 38.3 Å². The Hall–Kier alpha value is -3.73. The number of amides is 1. The van der Waals surface area contributed by atoms with E-state index in [0.717, 1.165) is 29.1 Å². The maximum Gasteiger partial charge on any atom is 0.418 e. The van der Waals surface area contributed by atoms with Crippen LogP contribution in [0.1, 0.15) is 17.0 Å². The molecule has 176 valence electrons. The largest absolute Gasteiger partial charge is 0.497 e. The maximum atomic E-state index is 13.2. The molecule has 0 aliphatic rings. The van der Waals surface area contributed by atoms with Gasteiger partial charge in [0.1, 0.15) is 5.75 Å². The number of hydrogen-bond acceptors (Lipinski definition) is 5. The lowest BCUT2D eigenvalue weighted by atomic mass is 10.1. The third-order valence-corrected chi connectivity index (χ3v) is 5.78. The van der Waals surface area contributed by atoms with Gasteiger partial charge in [-0.3, -0.25) is 9.47 Å². The molecule has 0 aliphatic carbocycles. The van der Waals surface area contributed by atoms with Gasteiger partial charge in [0.05, 0.1) is 24.1 Å². The van der Waals surface area contributed by atoms with Gasteiger partial charge in [0.2, 0.25) is 11.1 Å². The van der Waals surface area contributed by atoms with E-state index in [1.807, 2.05) is 48.8 Å². The average molecular weight is 488 g/mol. The van der Waals surface area contributed by atoms with Gasteiger partial charge in [0.25, 0.3) is 0 Å². The van der Waals surface area contributed by atoms with Crippen LogP contribution in [0.5, 0.6) is 5.75 Å². The highest BCUT2D eigenvalue weighted by Gasteiger charge is 2.33. The van der Waals surface area contributed by atoms with Crippen molar-refractivity contribution in [2.24, 2.45) is 0 Å². The van der Waals surface area contributed by atoms with Gasteiger partial charge in [-0.05, 0) is 42.0 Å². The Morgan fingerprint density at radius 2 is 1.74 bits per heavy atom. The van der Waals surface area contributed by atoms with Gasteiger partial charge in [-0.25, -0.2) is 4.68 Å². The summed E-state index contributed by atoms with van der Waals surface area (Å²) in [7, 11) is 1.60. The van der Waals surface area contributed by atoms with E-state index in [-0.39, 0.29) is 11.4 Å². The highest BCUT2D eigenvalue weighted by molar-refractivity contribution is 7.99. The summed E-state index contributed by atoms with van der Waals surface area (Å²) in [5.74, 6) is 0.644. The zero-order chi connectivity index (χ0) is 24.1. The molecule has 1 amide bonds. The Labute approximate surface area is 197 Å². The number of hydrogen-bond donors (Lipinski definition) is 1. The summed E-state index contributed by atoms with van der Waals surface area (Å²) in [5.41, 5.74) is -0.196. The molecule has 0 radical (unpaired) electrons. The number of nitrogens with zero attached hydrogens (tertiary/aromatic N) is 4. The molecular weight excluding hydrogens is 467 g/mol. The molecule has 0 fully saturated rings. The monoisotopic (exact) mass is 487 g/mol. The smallest absolute Gasteiger partial charge is 0.418 e. The van der Waals surface area contributed by atoms with E-state index in [1.165, 1.54) is 18.2 Å². The summed E-state index contributed by atoms with van der Waals surface area (Å²) in [4.78, 5) is 12.4. The molecule has 2 heterocycles. The number of benzene rings is 2. The molecule has 0 atom stereocenters. The number of thioether (sulfide) groups is 1. The van der Waals surface area contributed by atoms with E-state index in [2.05, 4.69) is 15.5 Å². The van der Waals surface area contributed by atoms with E-state index in [1.54, 1.807) is 16.5 Å². The van der Waals surface area contributed by atoms with Crippen LogP contribution in [0.4, 0.5) is 18.9 Å². The van der Waals surface area contributed by atoms with Crippen LogP contribution in [0.15, 0.2) is 78.2 Å². The second kappa shape index (κ2) is 10.0. The van der Waals surface area contributed by atoms with Crippen molar-refractivity contribution >= 4 is 23.4 Å². The fourth-order valence-electron chi connectivity index (χ4n) is 3.27. The predicted octanol–water partition coefficient (Wildman–Crippen LogP) is 4.74. The SMILES string of the molecule is COc1ccc(Cc2nnc(SCC(=O)Nc3ccccc3C(F)(F)F)n2-n2cccc2)cc1. The molecule has 2 aromatic heterocycles. The Kier molecular flexibility index (Phi) is 6.92. The highest BCUT2D eigenvalue weighted by Crippen LogP contribution is 2.34. The standard InChI is InChI=1S/C23H20F3N5O2S/c1-33-17-10-8-16(9-11-17)14-20-28-29-22(31(20)30-12-4-5-13-30)34-15-21(32)27-19-7-3-2-6-18(19)23(24,25)26/h2-13H,14-15H2,1H3,(H,27,32). The van der Waals surface area contributed by atoms with E-state index < -0.39 is 17.6 Å². The number of carbonyl (C=O) groups excluding carboxylic acids is 1. The molecule has 0 saturated carbocycles. The van der Waals surface area contributed by atoms with Crippen LogP contribution in [-0.2, 0) is 17.4 Å². The first kappa shape index (κ1) is 23.4. The third kappa shape index (κ3) is 5.42. The van der Waals surface area contributed by atoms with Crippen LogP contribution < -0.4 is 10.1 Å². The predicted molar refractivity (Wildman–Crippen MR) is 122 cm³/mol. The molecule has 11 heteroatoms. The molecule has 4 aromatic rings. The summed E-state index contributed by atoms with van der Waals surface area (Å²) >= 11 is 1.08. The first-order valence-corrected chi connectivity index (χ1v) is 11.1. The number of anilines is 1. The van der Waals surface area contributed by atoms with Gasteiger partial charge in [-0.1, -0.05) is 36.0 Å². The van der Waals surface area contributed by atoms with Crippen molar-refractivity contribution in [2.75, 3.05) is 18.2 Å². The third-order valence-electron chi connectivity index (χ3n) is 4.86. The summed E-state index contributed by atoms with van der Waals surface area (Å²) < 4.78 is 48.3. The summed E-state index contributed by atoms with van der Waals surface area (Å²) in [6.07, 6.45) is -0.474. The summed E-state index contributed by atoms with van der Waals surface area (Å²) in [5, 5.41) is 11.3. The van der Waals surface area contributed by atoms with Crippen molar-refractivity contribution in [3.05, 3.63) is 90.0 Å². The maximum absolute atomic E-state index is 13.2. The van der Waals surface area contributed by atoms with Crippen molar-refractivity contribution < 1.29 is 22.7 Å². The molecule has 0 spiro atoms. The number of methoxy groups -OCH3 is 1. The number of alkyl halides is 3. The second-order valence-electron chi connectivity index (χ2n) is 7.18. The van der Waals surface area contributed by atoms with Gasteiger partial charge >= 0.3 is 6.18 Å². The van der Waals surface area contributed by atoms with Crippen molar-refractivity contribution in [1.29, 1.82) is 0 Å². The minimum atomic E-state index is -4.57. The number of rotatable bonds is 8. The molecule has 1 N–H and O–H groups in total. The molecule has 34 heavy (non-hydrogen) atoms. The summed E-state index contributed by atoms with van der Waals surface area (Å²) in [6, 6.07) is 16.1. The fourth-order valence-corrected chi connectivity index (χ4v) is 4.02. The van der Waals surface area contributed by atoms with Crippen molar-refractivity contribution in [2.45, 2.75) is 17.8 Å². The fraction of sp³-hybridized carbons (Fsp3) is 0.174. The lowest BCUT2D eigenvalue weighted by Gasteiger charge is -2.14. The molecule has 4 rings (SSSR count). The minimum Gasteiger partial charge on any atom is -0.497 e. The zero-order valence-corrected chi connectivity index (χ0v) is 18.8. The van der Waals surface area contributed by atoms with Crippen molar-refractivity contribution in [1.82, 2.24) is 19.5 Å². The molecule has 0 bridgehead atoms. The quantitative estimate of drug-likeness (QED) is 0.364. The van der Waals surface area contributed by atoms with E-state index in [0.29, 0.717) is 17.4 Å². The van der Waals surface area contributed by atoms with Gasteiger partial charge in [0, 0.05) is 18.8 Å². The highest BCUT2D eigenvalue weighted by atomic mass is 32.2. The average Bonchev–Trinajstić information content (AvgIpc) is 3.47. The van der Waals surface area contributed by atoms with Crippen LogP contribution in [0.3, 0.4) is 0 Å². The topological polar surface area (TPSA) is 74.0 Å². The lowest BCUT2D eigenvalue weighted by molar-refractivity contribution is -0.137. The molecule has 7 nitrogen and oxygen atoms in total. The molecular formula is C23H20F3N5O2S. The molecule has 2 aromatic carbocycles. The number of aromatic nitrogens is 4. The molecule has 0 saturated heterocycles. The number of ether oxygens (including phenoxy) is 1. The van der Waals surface area contributed by atoms with Crippen LogP contribution in [0, 0.1) is 0 Å². The Bertz CT molecular complexity index is 1250. The van der Waals surface area contributed by atoms with Gasteiger partial charge in [0.15, 0.2) is 5.82 Å². The Morgan fingerprint density at radius 1 is 1.03 bits per heavy atom. The Balaban J connectivity index is 1.51. The minimum absolute atomic E-state index is 0.145. The van der Waals surface area contributed by atoms with Crippen LogP contribution >= 0.6 is 11.8 Å². The van der Waals surface area contributed by atoms with Gasteiger partial charge in [-0.15, -0.1) is 10.2 Å². The summed E-state index contributed by atoms with van der Waals surface area (Å²) in [6.45, 7) is 0. The van der Waals surface area contributed by atoms with E-state index in [9.17, 15) is 18.0 Å². The van der Waals surface area contributed by atoms with Crippen molar-refractivity contribution in [3.63, 3.8) is 0 Å². The van der Waals surface area contributed by atoms with E-state index in [4.69, 9.17) is 4.74 Å². The first-order valence-electron chi connectivity index (χ1n) is 10.1. The van der Waals surface area contributed by atoms with Gasteiger partial charge in [-0.2, -0.15) is 13.2 Å². The normalized spacial score (nSPS) is 11.4. The number of carbonyl (C=O) groups is 1. The van der Waals surface area contributed by atoms with Gasteiger partial charge < -0.3 is 10.1 Å². The molecule has 0 unspecified atom stereocenters. The first-order chi connectivity index (χ1) is 16.3. The Morgan fingerprint density at radius 3 is 2.41 bits per heavy atom. The van der Waals surface area contributed by atoms with Crippen LogP contribution in [0.2, 0.25) is 0 Å². The molecule has 0 aliphatic heterocycles. The number of nitrogens with one attached hydrogen (secondary N) is 1. The number of para-hydroxylation sites is 1. The lowest BCUT2D eigenvalue weighted by Crippen LogP contribution is -2.19. The number of halogens is 3. The van der Waals surface area contributed by atoms with E-state index >= 15 is 0 Å². The van der Waals surface area contributed by atoms with Crippen LogP contribution in [0.25, 0.3) is 0 Å². The van der Waals surface area contributed by atoms with Crippen molar-refractivity contribution in [3.8, 4) is 5.75 Å².